The van der Waals surface area contributed by atoms with E-state index in [-0.39, 0.29) is 12.4 Å². The number of aromatic nitrogens is 4. The van der Waals surface area contributed by atoms with Gasteiger partial charge in [-0.1, -0.05) is 0 Å². The first-order valence-corrected chi connectivity index (χ1v) is 10.7. The van der Waals surface area contributed by atoms with Crippen LogP contribution in [0.1, 0.15) is 35.5 Å². The van der Waals surface area contributed by atoms with Gasteiger partial charge in [-0.25, -0.2) is 4.98 Å². The number of hydrogen-bond acceptors (Lipinski definition) is 8. The van der Waals surface area contributed by atoms with E-state index in [4.69, 9.17) is 14.6 Å². The van der Waals surface area contributed by atoms with Crippen LogP contribution >= 0.6 is 0 Å². The molecule has 3 aromatic heterocycles. The van der Waals surface area contributed by atoms with E-state index in [2.05, 4.69) is 37.6 Å². The van der Waals surface area contributed by atoms with Gasteiger partial charge in [-0.15, -0.1) is 10.2 Å². The molecule has 0 unspecified atom stereocenters. The van der Waals surface area contributed by atoms with Gasteiger partial charge in [0.05, 0.1) is 17.9 Å². The van der Waals surface area contributed by atoms with E-state index >= 15 is 0 Å². The highest BCUT2D eigenvalue weighted by Crippen LogP contribution is 2.24. The maximum Gasteiger partial charge on any atom is 0.290 e. The Labute approximate surface area is 191 Å². The lowest BCUT2D eigenvalue weighted by Crippen LogP contribution is -2.49. The van der Waals surface area contributed by atoms with E-state index in [9.17, 15) is 4.79 Å². The van der Waals surface area contributed by atoms with Crippen molar-refractivity contribution in [2.24, 2.45) is 0 Å². The molecule has 1 aliphatic heterocycles. The smallest absolute Gasteiger partial charge is 0.290 e. The Hall–Kier alpha value is -3.73. The zero-order valence-electron chi connectivity index (χ0n) is 19.2. The molecule has 11 heteroatoms. The van der Waals surface area contributed by atoms with Gasteiger partial charge in [-0.3, -0.25) is 9.59 Å². The molecule has 33 heavy (non-hydrogen) atoms. The third kappa shape index (κ3) is 5.75. The Morgan fingerprint density at radius 1 is 1.33 bits per heavy atom. The van der Waals surface area contributed by atoms with Gasteiger partial charge >= 0.3 is 0 Å². The number of hydrogen-bond donors (Lipinski definition) is 3. The van der Waals surface area contributed by atoms with Crippen LogP contribution in [-0.2, 0) is 4.79 Å². The van der Waals surface area contributed by atoms with Crippen LogP contribution in [0.25, 0.3) is 5.65 Å². The van der Waals surface area contributed by atoms with Gasteiger partial charge in [0.15, 0.2) is 11.6 Å². The number of nitrogens with zero attached hydrogens (tertiary/aromatic N) is 5. The van der Waals surface area contributed by atoms with Crippen LogP contribution in [-0.4, -0.2) is 69.4 Å². The molecule has 0 bridgehead atoms. The Morgan fingerprint density at radius 2 is 2.09 bits per heavy atom. The van der Waals surface area contributed by atoms with Crippen LogP contribution < -0.4 is 20.3 Å². The Kier molecular flexibility index (Phi) is 7.78. The number of carboxylic acid groups (broad SMARTS) is 1. The highest BCUT2D eigenvalue weighted by atomic mass is 16.5. The standard InChI is InChI=1S/C21H27N7O2.CH2O2/c1-5-30-17-9-19-23-15(4)11-28(19)12-16(17)21(29)24-18-8-13(2)20(26-25-18)27-7-6-22-14(3)10-27;2-1-3/h8-9,11-12,14,22H,5-7,10H2,1-4H3,(H,24,25,29);1H,(H,2,3)/t14-;/m0./s1. The lowest BCUT2D eigenvalue weighted by atomic mass is 10.2. The van der Waals surface area contributed by atoms with Gasteiger partial charge in [-0.05, 0) is 39.3 Å². The van der Waals surface area contributed by atoms with Crippen molar-refractivity contribution in [3.05, 3.63) is 41.3 Å². The number of amides is 1. The second-order valence-electron chi connectivity index (χ2n) is 7.73. The number of anilines is 2. The van der Waals surface area contributed by atoms with E-state index in [0.717, 1.165) is 42.4 Å². The van der Waals surface area contributed by atoms with E-state index in [1.54, 1.807) is 12.3 Å². The summed E-state index contributed by atoms with van der Waals surface area (Å²) >= 11 is 0. The van der Waals surface area contributed by atoms with Gasteiger partial charge in [-0.2, -0.15) is 0 Å². The number of imidazole rings is 1. The molecule has 1 saturated heterocycles. The first kappa shape index (κ1) is 23.9. The molecule has 0 aromatic carbocycles. The normalized spacial score (nSPS) is 15.5. The third-order valence-corrected chi connectivity index (χ3v) is 5.09. The molecule has 0 saturated carbocycles. The minimum Gasteiger partial charge on any atom is -0.493 e. The minimum absolute atomic E-state index is 0.250. The number of fused-ring (bicyclic) bond motifs is 1. The molecular formula is C22H29N7O4. The number of piperazine rings is 1. The van der Waals surface area contributed by atoms with Crippen molar-refractivity contribution in [1.82, 2.24) is 24.9 Å². The summed E-state index contributed by atoms with van der Waals surface area (Å²) in [7, 11) is 0. The molecule has 1 aliphatic rings. The van der Waals surface area contributed by atoms with Crippen LogP contribution in [0.2, 0.25) is 0 Å². The van der Waals surface area contributed by atoms with Crippen molar-refractivity contribution in [2.45, 2.75) is 33.7 Å². The quantitative estimate of drug-likeness (QED) is 0.493. The second-order valence-corrected chi connectivity index (χ2v) is 7.73. The van der Waals surface area contributed by atoms with Crippen molar-refractivity contribution in [2.75, 3.05) is 36.5 Å². The highest BCUT2D eigenvalue weighted by molar-refractivity contribution is 6.05. The van der Waals surface area contributed by atoms with Crippen molar-refractivity contribution in [1.29, 1.82) is 0 Å². The molecule has 0 radical (unpaired) electrons. The summed E-state index contributed by atoms with van der Waals surface area (Å²) in [5, 5.41) is 21.8. The maximum absolute atomic E-state index is 13.0. The van der Waals surface area contributed by atoms with E-state index in [0.29, 0.717) is 29.8 Å². The summed E-state index contributed by atoms with van der Waals surface area (Å²) in [5.74, 6) is 1.45. The SMILES string of the molecule is CCOc1cc2nc(C)cn2cc1C(=O)Nc1cc(C)c(N2CCN[C@@H](C)C2)nn1.O=CO. The summed E-state index contributed by atoms with van der Waals surface area (Å²) in [6, 6.07) is 4.03. The molecule has 4 rings (SSSR count). The molecule has 4 heterocycles. The van der Waals surface area contributed by atoms with E-state index < -0.39 is 0 Å². The summed E-state index contributed by atoms with van der Waals surface area (Å²) in [6.45, 7) is 10.8. The summed E-state index contributed by atoms with van der Waals surface area (Å²) in [4.78, 5) is 28.0. The van der Waals surface area contributed by atoms with Crippen LogP contribution in [0.4, 0.5) is 11.6 Å². The van der Waals surface area contributed by atoms with E-state index in [1.165, 1.54) is 0 Å². The average molecular weight is 456 g/mol. The first-order chi connectivity index (χ1) is 15.9. The zero-order valence-corrected chi connectivity index (χ0v) is 19.2. The zero-order chi connectivity index (χ0) is 24.0. The van der Waals surface area contributed by atoms with Gasteiger partial charge in [0.1, 0.15) is 11.4 Å². The van der Waals surface area contributed by atoms with Crippen LogP contribution in [0.15, 0.2) is 24.5 Å². The fourth-order valence-corrected chi connectivity index (χ4v) is 3.75. The molecule has 0 spiro atoms. The Balaban J connectivity index is 0.000000968. The summed E-state index contributed by atoms with van der Waals surface area (Å²) in [5.41, 5.74) is 2.99. The lowest BCUT2D eigenvalue weighted by molar-refractivity contribution is -0.122. The topological polar surface area (TPSA) is 134 Å². The van der Waals surface area contributed by atoms with Gasteiger partial charge in [0.25, 0.3) is 12.4 Å². The number of pyridine rings is 1. The fraction of sp³-hybridized carbons (Fsp3) is 0.409. The summed E-state index contributed by atoms with van der Waals surface area (Å²) in [6.07, 6.45) is 3.60. The van der Waals surface area contributed by atoms with Crippen LogP contribution in [0.3, 0.4) is 0 Å². The lowest BCUT2D eigenvalue weighted by Gasteiger charge is -2.33. The molecule has 3 aromatic rings. The molecule has 11 nitrogen and oxygen atoms in total. The molecule has 0 aliphatic carbocycles. The highest BCUT2D eigenvalue weighted by Gasteiger charge is 2.20. The number of nitrogens with one attached hydrogen (secondary N) is 2. The molecule has 1 atom stereocenters. The van der Waals surface area contributed by atoms with Crippen molar-refractivity contribution < 1.29 is 19.4 Å². The molecule has 176 valence electrons. The second kappa shape index (κ2) is 10.7. The summed E-state index contributed by atoms with van der Waals surface area (Å²) < 4.78 is 7.50. The number of carbonyl (C=O) groups excluding carboxylic acids is 1. The van der Waals surface area contributed by atoms with Crippen molar-refractivity contribution in [3.8, 4) is 5.75 Å². The molecule has 1 fully saturated rings. The molecular weight excluding hydrogens is 426 g/mol. The number of rotatable bonds is 5. The third-order valence-electron chi connectivity index (χ3n) is 5.09. The number of ether oxygens (including phenoxy) is 1. The Morgan fingerprint density at radius 3 is 2.76 bits per heavy atom. The first-order valence-electron chi connectivity index (χ1n) is 10.7. The Bertz CT molecular complexity index is 1130. The van der Waals surface area contributed by atoms with Gasteiger partial charge in [0.2, 0.25) is 0 Å². The predicted molar refractivity (Wildman–Crippen MR) is 124 cm³/mol. The van der Waals surface area contributed by atoms with Crippen molar-refractivity contribution >= 4 is 29.7 Å². The van der Waals surface area contributed by atoms with Crippen molar-refractivity contribution in [3.63, 3.8) is 0 Å². The fourth-order valence-electron chi connectivity index (χ4n) is 3.75. The van der Waals surface area contributed by atoms with E-state index in [1.807, 2.05) is 37.4 Å². The minimum atomic E-state index is -0.302. The number of carbonyl (C=O) groups is 2. The van der Waals surface area contributed by atoms with Crippen LogP contribution in [0.5, 0.6) is 5.75 Å². The maximum atomic E-state index is 13.0. The van der Waals surface area contributed by atoms with Crippen LogP contribution in [0, 0.1) is 13.8 Å². The number of aryl methyl sites for hydroxylation is 2. The van der Waals surface area contributed by atoms with Gasteiger partial charge < -0.3 is 29.8 Å². The average Bonchev–Trinajstić information content (AvgIpc) is 3.13. The largest absolute Gasteiger partial charge is 0.493 e. The molecule has 1 amide bonds. The molecule has 3 N–H and O–H groups in total. The predicted octanol–water partition coefficient (Wildman–Crippen LogP) is 1.89. The van der Waals surface area contributed by atoms with Gasteiger partial charge in [0, 0.05) is 44.1 Å². The monoisotopic (exact) mass is 455 g/mol.